The van der Waals surface area contributed by atoms with Crippen LogP contribution in [0.2, 0.25) is 0 Å². The zero-order chi connectivity index (χ0) is 21.9. The van der Waals surface area contributed by atoms with Crippen LogP contribution in [0.1, 0.15) is 30.5 Å². The van der Waals surface area contributed by atoms with Crippen LogP contribution in [0, 0.1) is 5.92 Å². The first-order valence-corrected chi connectivity index (χ1v) is 11.5. The molecule has 30 heavy (non-hydrogen) atoms. The summed E-state index contributed by atoms with van der Waals surface area (Å²) in [6.07, 6.45) is 0.770. The van der Waals surface area contributed by atoms with Crippen molar-refractivity contribution in [3.63, 3.8) is 0 Å². The Morgan fingerprint density at radius 3 is 2.47 bits per heavy atom. The maximum atomic E-state index is 12.7. The number of carbonyl (C=O) groups excluding carboxylic acids is 1. The van der Waals surface area contributed by atoms with E-state index in [1.807, 2.05) is 30.9 Å². The average molecular weight is 433 g/mol. The van der Waals surface area contributed by atoms with E-state index in [9.17, 15) is 13.2 Å². The SMILES string of the molecule is COc1ccc(CS(=O)(=O)Nc2ccc3c(c2)CN(C(=O)C(C)C)CC3)cc1OC. The van der Waals surface area contributed by atoms with Crippen LogP contribution in [0.3, 0.4) is 0 Å². The Labute approximate surface area is 178 Å². The molecule has 0 radical (unpaired) electrons. The number of anilines is 1. The van der Waals surface area contributed by atoms with Crippen LogP contribution in [0.25, 0.3) is 0 Å². The number of benzene rings is 2. The van der Waals surface area contributed by atoms with Gasteiger partial charge in [0.2, 0.25) is 15.9 Å². The molecule has 0 spiro atoms. The number of methoxy groups -OCH3 is 2. The van der Waals surface area contributed by atoms with Gasteiger partial charge in [-0.25, -0.2) is 8.42 Å². The quantitative estimate of drug-likeness (QED) is 0.726. The summed E-state index contributed by atoms with van der Waals surface area (Å²) in [6.45, 7) is 4.96. The molecule has 0 aliphatic carbocycles. The second-order valence-corrected chi connectivity index (χ2v) is 9.42. The molecular weight excluding hydrogens is 404 g/mol. The van der Waals surface area contributed by atoms with Gasteiger partial charge in [0.1, 0.15) is 0 Å². The van der Waals surface area contributed by atoms with E-state index in [0.717, 1.165) is 17.5 Å². The number of carbonyl (C=O) groups is 1. The van der Waals surface area contributed by atoms with Crippen molar-refractivity contribution in [2.45, 2.75) is 32.6 Å². The number of rotatable bonds is 7. The predicted octanol–water partition coefficient (Wildman–Crippen LogP) is 3.19. The van der Waals surface area contributed by atoms with E-state index in [2.05, 4.69) is 4.72 Å². The summed E-state index contributed by atoms with van der Waals surface area (Å²) in [5, 5.41) is 0. The van der Waals surface area contributed by atoms with Gasteiger partial charge in [0.15, 0.2) is 11.5 Å². The molecule has 2 aromatic rings. The van der Waals surface area contributed by atoms with Crippen LogP contribution in [0.15, 0.2) is 36.4 Å². The molecule has 1 amide bonds. The molecule has 162 valence electrons. The minimum atomic E-state index is -3.63. The number of nitrogens with one attached hydrogen (secondary N) is 1. The van der Waals surface area contributed by atoms with E-state index < -0.39 is 10.0 Å². The monoisotopic (exact) mass is 432 g/mol. The maximum Gasteiger partial charge on any atom is 0.236 e. The second kappa shape index (κ2) is 8.95. The molecular formula is C22H28N2O5S. The van der Waals surface area contributed by atoms with E-state index >= 15 is 0 Å². The Bertz CT molecular complexity index is 1030. The first kappa shape index (κ1) is 22.0. The number of hydrogen-bond acceptors (Lipinski definition) is 5. The summed E-state index contributed by atoms with van der Waals surface area (Å²) in [5.41, 5.74) is 3.20. The number of hydrogen-bond donors (Lipinski definition) is 1. The van der Waals surface area contributed by atoms with Gasteiger partial charge in [-0.05, 0) is 47.4 Å². The first-order chi connectivity index (χ1) is 14.2. The normalized spacial score (nSPS) is 13.7. The molecule has 0 bridgehead atoms. The van der Waals surface area contributed by atoms with Crippen LogP contribution in [-0.4, -0.2) is 40.0 Å². The fourth-order valence-electron chi connectivity index (χ4n) is 3.58. The molecule has 2 aromatic carbocycles. The van der Waals surface area contributed by atoms with Crippen molar-refractivity contribution in [2.75, 3.05) is 25.5 Å². The summed E-state index contributed by atoms with van der Waals surface area (Å²) in [5.74, 6) is 0.882. The molecule has 3 rings (SSSR count). The molecule has 8 heteroatoms. The second-order valence-electron chi connectivity index (χ2n) is 7.70. The van der Waals surface area contributed by atoms with Gasteiger partial charge in [0.05, 0.1) is 20.0 Å². The third-order valence-corrected chi connectivity index (χ3v) is 6.36. The average Bonchev–Trinajstić information content (AvgIpc) is 2.71. The van der Waals surface area contributed by atoms with Gasteiger partial charge in [-0.15, -0.1) is 0 Å². The third-order valence-electron chi connectivity index (χ3n) is 5.10. The summed E-state index contributed by atoms with van der Waals surface area (Å²) < 4.78 is 38.5. The van der Waals surface area contributed by atoms with Gasteiger partial charge in [-0.1, -0.05) is 26.0 Å². The number of nitrogens with zero attached hydrogens (tertiary/aromatic N) is 1. The van der Waals surface area contributed by atoms with Crippen molar-refractivity contribution < 1.29 is 22.7 Å². The number of ether oxygens (including phenoxy) is 2. The highest BCUT2D eigenvalue weighted by Gasteiger charge is 2.23. The number of sulfonamides is 1. The lowest BCUT2D eigenvalue weighted by molar-refractivity contribution is -0.135. The fourth-order valence-corrected chi connectivity index (χ4v) is 4.76. The highest BCUT2D eigenvalue weighted by molar-refractivity contribution is 7.91. The third kappa shape index (κ3) is 5.05. The van der Waals surface area contributed by atoms with Gasteiger partial charge in [0.25, 0.3) is 0 Å². The van der Waals surface area contributed by atoms with E-state index in [-0.39, 0.29) is 17.6 Å². The van der Waals surface area contributed by atoms with Gasteiger partial charge in [-0.2, -0.15) is 0 Å². The molecule has 0 atom stereocenters. The summed E-state index contributed by atoms with van der Waals surface area (Å²) in [6, 6.07) is 10.6. The topological polar surface area (TPSA) is 84.9 Å². The highest BCUT2D eigenvalue weighted by Crippen LogP contribution is 2.29. The van der Waals surface area contributed by atoms with Crippen molar-refractivity contribution >= 4 is 21.6 Å². The van der Waals surface area contributed by atoms with Gasteiger partial charge < -0.3 is 14.4 Å². The van der Waals surface area contributed by atoms with E-state index in [1.165, 1.54) is 14.2 Å². The Morgan fingerprint density at radius 1 is 1.07 bits per heavy atom. The maximum absolute atomic E-state index is 12.7. The van der Waals surface area contributed by atoms with Crippen molar-refractivity contribution in [2.24, 2.45) is 5.92 Å². The van der Waals surface area contributed by atoms with E-state index in [4.69, 9.17) is 9.47 Å². The summed E-state index contributed by atoms with van der Waals surface area (Å²) >= 11 is 0. The van der Waals surface area contributed by atoms with Crippen LogP contribution >= 0.6 is 0 Å². The number of fused-ring (bicyclic) bond motifs is 1. The predicted molar refractivity (Wildman–Crippen MR) is 116 cm³/mol. The zero-order valence-electron chi connectivity index (χ0n) is 17.8. The molecule has 1 N–H and O–H groups in total. The van der Waals surface area contributed by atoms with E-state index in [1.54, 1.807) is 24.3 Å². The Balaban J connectivity index is 1.75. The molecule has 1 heterocycles. The van der Waals surface area contributed by atoms with Crippen molar-refractivity contribution in [3.8, 4) is 11.5 Å². The molecule has 0 unspecified atom stereocenters. The van der Waals surface area contributed by atoms with Crippen LogP contribution < -0.4 is 14.2 Å². The summed E-state index contributed by atoms with van der Waals surface area (Å²) in [7, 11) is -0.591. The molecule has 1 aliphatic heterocycles. The van der Waals surface area contributed by atoms with Gasteiger partial charge in [-0.3, -0.25) is 9.52 Å². The Hall–Kier alpha value is -2.74. The molecule has 1 aliphatic rings. The zero-order valence-corrected chi connectivity index (χ0v) is 18.6. The van der Waals surface area contributed by atoms with Crippen LogP contribution in [0.5, 0.6) is 11.5 Å². The largest absolute Gasteiger partial charge is 0.493 e. The van der Waals surface area contributed by atoms with Crippen molar-refractivity contribution in [1.82, 2.24) is 4.90 Å². The van der Waals surface area contributed by atoms with Gasteiger partial charge >= 0.3 is 0 Å². The molecule has 0 saturated heterocycles. The summed E-state index contributed by atoms with van der Waals surface area (Å²) in [4.78, 5) is 14.1. The lowest BCUT2D eigenvalue weighted by Gasteiger charge is -2.30. The minimum Gasteiger partial charge on any atom is -0.493 e. The fraction of sp³-hybridized carbons (Fsp3) is 0.409. The Morgan fingerprint density at radius 2 is 1.80 bits per heavy atom. The molecule has 0 saturated carbocycles. The lowest BCUT2D eigenvalue weighted by atomic mass is 9.98. The van der Waals surface area contributed by atoms with Crippen LogP contribution in [-0.2, 0) is 33.5 Å². The molecule has 0 fully saturated rings. The van der Waals surface area contributed by atoms with Gasteiger partial charge in [0, 0.05) is 24.7 Å². The number of amides is 1. The highest BCUT2D eigenvalue weighted by atomic mass is 32.2. The standard InChI is InChI=1S/C22H28N2O5S/c1-15(2)22(25)24-10-9-17-6-7-19(12-18(17)13-24)23-30(26,27)14-16-5-8-20(28-3)21(11-16)29-4/h5-8,11-12,15,23H,9-10,13-14H2,1-4H3. The molecule has 7 nitrogen and oxygen atoms in total. The lowest BCUT2D eigenvalue weighted by Crippen LogP contribution is -2.38. The smallest absolute Gasteiger partial charge is 0.236 e. The molecule has 0 aromatic heterocycles. The van der Waals surface area contributed by atoms with Crippen LogP contribution in [0.4, 0.5) is 5.69 Å². The van der Waals surface area contributed by atoms with E-state index in [0.29, 0.717) is 35.8 Å². The van der Waals surface area contributed by atoms with Crippen molar-refractivity contribution in [3.05, 3.63) is 53.1 Å². The minimum absolute atomic E-state index is 0.0604. The Kier molecular flexibility index (Phi) is 6.55. The van der Waals surface area contributed by atoms with Crippen molar-refractivity contribution in [1.29, 1.82) is 0 Å². The first-order valence-electron chi connectivity index (χ1n) is 9.84.